The third-order valence-corrected chi connectivity index (χ3v) is 2.07. The summed E-state index contributed by atoms with van der Waals surface area (Å²) in [4.78, 5) is 0. The molecule has 0 aliphatic heterocycles. The number of halogens is 3. The second-order valence-corrected chi connectivity index (χ2v) is 2.77. The Hall–Kier alpha value is -0.640. The zero-order valence-corrected chi connectivity index (χ0v) is 7.99. The van der Waals surface area contributed by atoms with Crippen LogP contribution in [0.5, 0.6) is 5.75 Å². The molecule has 4 heteroatoms. The van der Waals surface area contributed by atoms with Gasteiger partial charge in [0.2, 0.25) is 0 Å². The number of benzene rings is 1. The van der Waals surface area contributed by atoms with Crippen molar-refractivity contribution in [2.45, 2.75) is 5.33 Å². The molecule has 0 heterocycles. The van der Waals surface area contributed by atoms with Crippen LogP contribution in [0.4, 0.5) is 8.78 Å². The maximum absolute atomic E-state index is 12.9. The van der Waals surface area contributed by atoms with Crippen molar-refractivity contribution in [2.75, 3.05) is 7.11 Å². The second kappa shape index (κ2) is 3.85. The zero-order valence-electron chi connectivity index (χ0n) is 6.40. The second-order valence-electron chi connectivity index (χ2n) is 2.21. The van der Waals surface area contributed by atoms with E-state index in [0.29, 0.717) is 5.33 Å². The Kier molecular flexibility index (Phi) is 3.03. The third-order valence-electron chi connectivity index (χ3n) is 1.46. The van der Waals surface area contributed by atoms with Crippen molar-refractivity contribution in [1.82, 2.24) is 0 Å². The molecule has 0 aliphatic carbocycles. The minimum absolute atomic E-state index is 0.0720. The van der Waals surface area contributed by atoms with Gasteiger partial charge in [-0.1, -0.05) is 15.9 Å². The number of methoxy groups -OCH3 is 1. The molecule has 0 atom stereocenters. The van der Waals surface area contributed by atoms with E-state index in [-0.39, 0.29) is 11.3 Å². The summed E-state index contributed by atoms with van der Waals surface area (Å²) in [7, 11) is 1.30. The van der Waals surface area contributed by atoms with Crippen LogP contribution in [0.2, 0.25) is 0 Å². The molecule has 66 valence electrons. The minimum atomic E-state index is -0.548. The molecule has 1 aromatic rings. The van der Waals surface area contributed by atoms with Crippen LogP contribution in [0, 0.1) is 11.6 Å². The van der Waals surface area contributed by atoms with Crippen LogP contribution in [-0.2, 0) is 5.33 Å². The Morgan fingerprint density at radius 1 is 1.33 bits per heavy atom. The lowest BCUT2D eigenvalue weighted by Crippen LogP contribution is -1.93. The fourth-order valence-electron chi connectivity index (χ4n) is 0.829. The first-order valence-corrected chi connectivity index (χ1v) is 4.39. The Morgan fingerprint density at radius 2 is 2.00 bits per heavy atom. The smallest absolute Gasteiger partial charge is 0.165 e. The highest BCUT2D eigenvalue weighted by Crippen LogP contribution is 2.22. The number of hydrogen-bond acceptors (Lipinski definition) is 1. The molecular weight excluding hydrogens is 230 g/mol. The predicted molar refractivity (Wildman–Crippen MR) is 45.5 cm³/mol. The quantitative estimate of drug-likeness (QED) is 0.718. The minimum Gasteiger partial charge on any atom is -0.494 e. The van der Waals surface area contributed by atoms with E-state index in [1.165, 1.54) is 7.11 Å². The van der Waals surface area contributed by atoms with Gasteiger partial charge in [0.25, 0.3) is 0 Å². The van der Waals surface area contributed by atoms with Crippen molar-refractivity contribution >= 4 is 15.9 Å². The van der Waals surface area contributed by atoms with Gasteiger partial charge in [-0.25, -0.2) is 8.78 Å². The van der Waals surface area contributed by atoms with Gasteiger partial charge in [-0.2, -0.15) is 0 Å². The van der Waals surface area contributed by atoms with Gasteiger partial charge < -0.3 is 4.74 Å². The van der Waals surface area contributed by atoms with Crippen LogP contribution < -0.4 is 4.74 Å². The van der Waals surface area contributed by atoms with Crippen molar-refractivity contribution in [3.05, 3.63) is 29.3 Å². The van der Waals surface area contributed by atoms with Crippen molar-refractivity contribution in [1.29, 1.82) is 0 Å². The van der Waals surface area contributed by atoms with E-state index in [4.69, 9.17) is 0 Å². The Morgan fingerprint density at radius 3 is 2.50 bits per heavy atom. The van der Waals surface area contributed by atoms with E-state index in [0.717, 1.165) is 12.1 Å². The summed E-state index contributed by atoms with van der Waals surface area (Å²) >= 11 is 3.04. The fourth-order valence-corrected chi connectivity index (χ4v) is 1.26. The zero-order chi connectivity index (χ0) is 9.14. The molecule has 0 aliphatic rings. The van der Waals surface area contributed by atoms with E-state index in [1.807, 2.05) is 0 Å². The van der Waals surface area contributed by atoms with Crippen LogP contribution in [0.25, 0.3) is 0 Å². The van der Waals surface area contributed by atoms with Crippen molar-refractivity contribution < 1.29 is 13.5 Å². The third kappa shape index (κ3) is 1.75. The van der Waals surface area contributed by atoms with Gasteiger partial charge in [0, 0.05) is 17.0 Å². The molecule has 0 radical (unpaired) electrons. The van der Waals surface area contributed by atoms with Gasteiger partial charge in [0.1, 0.15) is 5.82 Å². The molecule has 0 spiro atoms. The summed E-state index contributed by atoms with van der Waals surface area (Å²) in [5.41, 5.74) is 0.285. The molecule has 12 heavy (non-hydrogen) atoms. The normalized spacial score (nSPS) is 10.0. The monoisotopic (exact) mass is 236 g/mol. The summed E-state index contributed by atoms with van der Waals surface area (Å²) in [5.74, 6) is -1.09. The molecule has 0 saturated heterocycles. The average Bonchev–Trinajstić information content (AvgIpc) is 2.08. The predicted octanol–water partition coefficient (Wildman–Crippen LogP) is 2.87. The van der Waals surface area contributed by atoms with Gasteiger partial charge in [0.05, 0.1) is 7.11 Å². The van der Waals surface area contributed by atoms with E-state index in [9.17, 15) is 8.78 Å². The highest BCUT2D eigenvalue weighted by Gasteiger charge is 2.08. The van der Waals surface area contributed by atoms with Gasteiger partial charge in [-0.3, -0.25) is 0 Å². The summed E-state index contributed by atoms with van der Waals surface area (Å²) in [5, 5.41) is 0.291. The molecule has 0 unspecified atom stereocenters. The molecule has 0 fully saturated rings. The SMILES string of the molecule is COc1cc(F)c(CBr)cc1F. The Bertz CT molecular complexity index is 259. The van der Waals surface area contributed by atoms with Crippen LogP contribution >= 0.6 is 15.9 Å². The molecule has 1 nitrogen and oxygen atoms in total. The molecule has 0 N–H and O–H groups in total. The van der Waals surface area contributed by atoms with Crippen LogP contribution in [0.1, 0.15) is 5.56 Å². The standard InChI is InChI=1S/C8H7BrF2O/c1-12-8-3-6(10)5(4-9)2-7(8)11/h2-3H,4H2,1H3. The van der Waals surface area contributed by atoms with Crippen LogP contribution in [-0.4, -0.2) is 7.11 Å². The van der Waals surface area contributed by atoms with Gasteiger partial charge in [0.15, 0.2) is 11.6 Å². The fraction of sp³-hybridized carbons (Fsp3) is 0.250. The first kappa shape index (κ1) is 9.45. The number of alkyl halides is 1. The first-order valence-electron chi connectivity index (χ1n) is 3.27. The van der Waals surface area contributed by atoms with Crippen molar-refractivity contribution in [3.8, 4) is 5.75 Å². The maximum Gasteiger partial charge on any atom is 0.165 e. The van der Waals surface area contributed by atoms with E-state index >= 15 is 0 Å². The number of rotatable bonds is 2. The van der Waals surface area contributed by atoms with Gasteiger partial charge in [-0.15, -0.1) is 0 Å². The molecule has 1 aromatic carbocycles. The first-order chi connectivity index (χ1) is 5.69. The lowest BCUT2D eigenvalue weighted by molar-refractivity contribution is 0.382. The molecule has 1 rings (SSSR count). The molecule has 0 amide bonds. The van der Waals surface area contributed by atoms with Crippen LogP contribution in [0.15, 0.2) is 12.1 Å². The Labute approximate surface area is 77.5 Å². The molecule has 0 aromatic heterocycles. The van der Waals surface area contributed by atoms with Gasteiger partial charge in [-0.05, 0) is 6.07 Å². The number of hydrogen-bond donors (Lipinski definition) is 0. The molecular formula is C8H7BrF2O. The van der Waals surface area contributed by atoms with Crippen molar-refractivity contribution in [2.24, 2.45) is 0 Å². The molecule has 0 saturated carbocycles. The largest absolute Gasteiger partial charge is 0.494 e. The summed E-state index contributed by atoms with van der Waals surface area (Å²) < 4.78 is 30.4. The van der Waals surface area contributed by atoms with E-state index in [1.54, 1.807) is 0 Å². The lowest BCUT2D eigenvalue weighted by atomic mass is 10.2. The molecule has 0 bridgehead atoms. The van der Waals surface area contributed by atoms with Crippen LogP contribution in [0.3, 0.4) is 0 Å². The highest BCUT2D eigenvalue weighted by molar-refractivity contribution is 9.08. The summed E-state index contributed by atoms with van der Waals surface area (Å²) in [6.45, 7) is 0. The van der Waals surface area contributed by atoms with E-state index < -0.39 is 11.6 Å². The summed E-state index contributed by atoms with van der Waals surface area (Å²) in [6, 6.07) is 2.15. The number of ether oxygens (including phenoxy) is 1. The van der Waals surface area contributed by atoms with Crippen molar-refractivity contribution in [3.63, 3.8) is 0 Å². The highest BCUT2D eigenvalue weighted by atomic mass is 79.9. The summed E-state index contributed by atoms with van der Waals surface area (Å²) in [6.07, 6.45) is 0. The van der Waals surface area contributed by atoms with E-state index in [2.05, 4.69) is 20.7 Å². The average molecular weight is 237 g/mol. The Balaban J connectivity index is 3.16. The topological polar surface area (TPSA) is 9.23 Å². The lowest BCUT2D eigenvalue weighted by Gasteiger charge is -2.04. The maximum atomic E-state index is 12.9. The van der Waals surface area contributed by atoms with Gasteiger partial charge >= 0.3 is 0 Å².